The van der Waals surface area contributed by atoms with Crippen LogP contribution in [0.1, 0.15) is 12.8 Å². The molecule has 1 fully saturated rings. The molecule has 0 N–H and O–H groups in total. The Hall–Kier alpha value is 0.550. The average molecular weight is 378 g/mol. The molecule has 3 atom stereocenters. The van der Waals surface area contributed by atoms with E-state index < -0.39 is 6.04 Å². The predicted molar refractivity (Wildman–Crippen MR) is 73.1 cm³/mol. The molecule has 15 heavy (non-hydrogen) atoms. The van der Waals surface area contributed by atoms with Crippen LogP contribution in [0.3, 0.4) is 0 Å². The maximum atomic E-state index is 11.5. The first-order valence-electron chi connectivity index (χ1n) is 3.97. The molecule has 3 amide bonds. The van der Waals surface area contributed by atoms with E-state index in [0.29, 0.717) is 12.8 Å². The van der Waals surface area contributed by atoms with E-state index in [0.717, 1.165) is 13.6 Å². The zero-order valence-corrected chi connectivity index (χ0v) is 12.8. The van der Waals surface area contributed by atoms with Crippen molar-refractivity contribution in [1.29, 1.82) is 0 Å². The van der Waals surface area contributed by atoms with Gasteiger partial charge in [0.25, 0.3) is 5.91 Å². The van der Waals surface area contributed by atoms with Crippen LogP contribution in [0.15, 0.2) is 0 Å². The lowest BCUT2D eigenvalue weighted by atomic mass is 10.2. The molecule has 0 bridgehead atoms. The minimum Gasteiger partial charge on any atom is -0.296 e. The van der Waals surface area contributed by atoms with E-state index in [4.69, 9.17) is 0 Å². The Balaban J connectivity index is 2.59. The average Bonchev–Trinajstić information content (AvgIpc) is 2.41. The molecule has 3 unspecified atom stereocenters. The van der Waals surface area contributed by atoms with Gasteiger partial charge in [-0.3, -0.25) is 14.3 Å². The van der Waals surface area contributed by atoms with Crippen molar-refractivity contribution in [2.24, 2.45) is 0 Å². The highest BCUT2D eigenvalue weighted by Crippen LogP contribution is 2.28. The Morgan fingerprint density at radius 3 is 2.47 bits per heavy atom. The summed E-state index contributed by atoms with van der Waals surface area (Å²) < 4.78 is 2.26. The standard InChI is InChI=1S/C6H9IN2O3P2S/c7-15-4(10)2-1-3-5(11)9(14)6(12)8(3)13/h3H,1-2,13-14H2. The fourth-order valence-electron chi connectivity index (χ4n) is 1.19. The van der Waals surface area contributed by atoms with Gasteiger partial charge in [0, 0.05) is 27.6 Å². The highest BCUT2D eigenvalue weighted by molar-refractivity contribution is 14.2. The maximum Gasteiger partial charge on any atom is 0.333 e. The van der Waals surface area contributed by atoms with Crippen molar-refractivity contribution in [3.8, 4) is 0 Å². The topological polar surface area (TPSA) is 57.7 Å². The fraction of sp³-hybridized carbons (Fsp3) is 0.500. The Bertz CT molecular complexity index is 317. The van der Waals surface area contributed by atoms with Gasteiger partial charge in [-0.05, 0) is 34.1 Å². The first-order chi connectivity index (χ1) is 6.99. The van der Waals surface area contributed by atoms with Crippen molar-refractivity contribution in [2.45, 2.75) is 18.9 Å². The van der Waals surface area contributed by atoms with Gasteiger partial charge in [0.1, 0.15) is 6.04 Å². The molecule has 0 aliphatic carbocycles. The van der Waals surface area contributed by atoms with Gasteiger partial charge in [-0.2, -0.15) is 0 Å². The van der Waals surface area contributed by atoms with E-state index in [9.17, 15) is 14.4 Å². The Morgan fingerprint density at radius 1 is 1.47 bits per heavy atom. The molecule has 5 nitrogen and oxygen atoms in total. The molecule has 84 valence electrons. The summed E-state index contributed by atoms with van der Waals surface area (Å²) in [6.45, 7) is 0. The van der Waals surface area contributed by atoms with Crippen LogP contribution in [0.4, 0.5) is 4.79 Å². The van der Waals surface area contributed by atoms with Gasteiger partial charge in [0.05, 0.1) is 0 Å². The lowest BCUT2D eigenvalue weighted by Crippen LogP contribution is -2.27. The van der Waals surface area contributed by atoms with Gasteiger partial charge >= 0.3 is 6.03 Å². The minimum atomic E-state index is -0.535. The van der Waals surface area contributed by atoms with E-state index in [1.165, 1.54) is 4.67 Å². The minimum absolute atomic E-state index is 0.0106. The van der Waals surface area contributed by atoms with Crippen molar-refractivity contribution in [3.05, 3.63) is 0 Å². The summed E-state index contributed by atoms with van der Waals surface area (Å²) in [5.74, 6) is -0.286. The van der Waals surface area contributed by atoms with Crippen molar-refractivity contribution in [3.63, 3.8) is 0 Å². The lowest BCUT2D eigenvalue weighted by molar-refractivity contribution is -0.124. The summed E-state index contributed by atoms with van der Waals surface area (Å²) in [5.41, 5.74) is 0. The second-order valence-corrected chi connectivity index (χ2v) is 5.91. The summed E-state index contributed by atoms with van der Waals surface area (Å²) in [6.07, 6.45) is 0.661. The monoisotopic (exact) mass is 378 g/mol. The smallest absolute Gasteiger partial charge is 0.296 e. The number of urea groups is 1. The molecule has 1 saturated heterocycles. The molecular formula is C6H9IN2O3P2S. The Morgan fingerprint density at radius 2 is 2.07 bits per heavy atom. The van der Waals surface area contributed by atoms with Crippen molar-refractivity contribution < 1.29 is 14.4 Å². The second kappa shape index (κ2) is 5.75. The van der Waals surface area contributed by atoms with E-state index in [2.05, 4.69) is 18.8 Å². The zero-order valence-electron chi connectivity index (χ0n) is 7.55. The van der Waals surface area contributed by atoms with E-state index in [1.54, 1.807) is 0 Å². The van der Waals surface area contributed by atoms with Gasteiger partial charge in [-0.1, -0.05) is 0 Å². The third-order valence-corrected chi connectivity index (χ3v) is 4.90. The summed E-state index contributed by atoms with van der Waals surface area (Å²) >= 11 is 1.90. The number of imide groups is 1. The number of amides is 3. The van der Waals surface area contributed by atoms with Gasteiger partial charge < -0.3 is 0 Å². The quantitative estimate of drug-likeness (QED) is 0.425. The zero-order chi connectivity index (χ0) is 11.6. The molecule has 9 heteroatoms. The summed E-state index contributed by atoms with van der Waals surface area (Å²) in [7, 11) is 5.38. The SMILES string of the molecule is O=C(CCC1C(=O)N(P)C(=O)N1P)SI. The number of rotatable bonds is 3. The highest BCUT2D eigenvalue weighted by Gasteiger charge is 2.40. The number of carbonyl (C=O) groups excluding carboxylic acids is 3. The molecular weight excluding hydrogens is 369 g/mol. The third-order valence-electron chi connectivity index (χ3n) is 1.99. The number of hydrogen-bond acceptors (Lipinski definition) is 4. The molecule has 0 aromatic carbocycles. The Kier molecular flexibility index (Phi) is 5.22. The lowest BCUT2D eigenvalue weighted by Gasteiger charge is -2.14. The molecule has 1 aliphatic rings. The van der Waals surface area contributed by atoms with Crippen LogP contribution in [-0.2, 0) is 9.59 Å². The maximum absolute atomic E-state index is 11.5. The van der Waals surface area contributed by atoms with Gasteiger partial charge in [0.2, 0.25) is 0 Å². The van der Waals surface area contributed by atoms with Crippen LogP contribution in [0.2, 0.25) is 0 Å². The number of carbonyl (C=O) groups is 3. The molecule has 0 saturated carbocycles. The summed E-state index contributed by atoms with van der Waals surface area (Å²) in [5, 5.41) is 0.0106. The summed E-state index contributed by atoms with van der Waals surface area (Å²) in [4.78, 5) is 33.9. The Labute approximate surface area is 108 Å². The largest absolute Gasteiger partial charge is 0.333 e. The molecule has 0 aromatic rings. The number of nitrogens with zero attached hydrogens (tertiary/aromatic N) is 2. The molecule has 0 aromatic heterocycles. The van der Waals surface area contributed by atoms with E-state index >= 15 is 0 Å². The number of hydrogen-bond donors (Lipinski definition) is 0. The van der Waals surface area contributed by atoms with Gasteiger partial charge in [-0.25, -0.2) is 9.46 Å². The van der Waals surface area contributed by atoms with Crippen molar-refractivity contribution in [2.75, 3.05) is 0 Å². The van der Waals surface area contributed by atoms with Crippen LogP contribution in [0, 0.1) is 0 Å². The first-order valence-corrected chi connectivity index (χ1v) is 8.36. The van der Waals surface area contributed by atoms with Crippen LogP contribution < -0.4 is 0 Å². The van der Waals surface area contributed by atoms with Gasteiger partial charge in [-0.15, -0.1) is 0 Å². The van der Waals surface area contributed by atoms with Crippen LogP contribution in [0.25, 0.3) is 0 Å². The van der Waals surface area contributed by atoms with Crippen molar-refractivity contribution in [1.82, 2.24) is 9.34 Å². The van der Waals surface area contributed by atoms with Crippen LogP contribution >= 0.6 is 48.9 Å². The fourth-order valence-corrected chi connectivity index (χ4v) is 2.88. The second-order valence-electron chi connectivity index (χ2n) is 2.90. The third kappa shape index (κ3) is 3.02. The molecule has 1 heterocycles. The van der Waals surface area contributed by atoms with Gasteiger partial charge in [0.15, 0.2) is 5.12 Å². The number of halogens is 1. The highest BCUT2D eigenvalue weighted by atomic mass is 127. The van der Waals surface area contributed by atoms with E-state index in [-0.39, 0.29) is 17.1 Å². The van der Waals surface area contributed by atoms with Crippen LogP contribution in [-0.4, -0.2) is 32.4 Å². The normalized spacial score (nSPS) is 21.4. The molecule has 0 spiro atoms. The summed E-state index contributed by atoms with van der Waals surface area (Å²) in [6, 6.07) is -0.915. The van der Waals surface area contributed by atoms with E-state index in [1.807, 2.05) is 21.2 Å². The predicted octanol–water partition coefficient (Wildman–Crippen LogP) is 1.59. The first kappa shape index (κ1) is 13.6. The molecule has 1 aliphatic heterocycles. The van der Waals surface area contributed by atoms with Crippen molar-refractivity contribution >= 4 is 66.0 Å². The molecule has 1 rings (SSSR count). The molecule has 0 radical (unpaired) electrons. The van der Waals surface area contributed by atoms with Crippen LogP contribution in [0.5, 0.6) is 0 Å².